The van der Waals surface area contributed by atoms with Crippen molar-refractivity contribution >= 4 is 75.4 Å². The quantitative estimate of drug-likeness (QED) is 0.232. The number of rotatable bonds is 0. The third-order valence-corrected chi connectivity index (χ3v) is 7.07. The smallest absolute Gasteiger partial charge is 0.00134 e. The van der Waals surface area contributed by atoms with Gasteiger partial charge < -0.3 is 0 Å². The minimum atomic E-state index is 1.29. The van der Waals surface area contributed by atoms with Gasteiger partial charge in [-0.05, 0) is 99.7 Å². The summed E-state index contributed by atoms with van der Waals surface area (Å²) in [6, 6.07) is 36.5. The highest BCUT2D eigenvalue weighted by Crippen LogP contribution is 2.46. The van der Waals surface area contributed by atoms with E-state index >= 15 is 0 Å². The van der Waals surface area contributed by atoms with E-state index in [9.17, 15) is 0 Å². The molecule has 8 aromatic rings. The Hall–Kier alpha value is -3.90. The van der Waals surface area contributed by atoms with Crippen LogP contribution in [-0.2, 0) is 0 Å². The molecule has 0 nitrogen and oxygen atoms in total. The topological polar surface area (TPSA) is 0 Å². The van der Waals surface area contributed by atoms with E-state index < -0.39 is 0 Å². The molecule has 0 aliphatic heterocycles. The number of hydrogen-bond acceptors (Lipinski definition) is 0. The second-order valence-electron chi connectivity index (χ2n) is 8.56. The summed E-state index contributed by atoms with van der Waals surface area (Å²) >= 11 is 0. The van der Waals surface area contributed by atoms with Crippen molar-refractivity contribution in [2.24, 2.45) is 0 Å². The molecule has 0 aromatic heterocycles. The van der Waals surface area contributed by atoms with Crippen LogP contribution < -0.4 is 0 Å². The van der Waals surface area contributed by atoms with Gasteiger partial charge in [-0.2, -0.15) is 0 Å². The minimum absolute atomic E-state index is 1.29. The van der Waals surface area contributed by atoms with Crippen LogP contribution in [0, 0.1) is 0 Å². The van der Waals surface area contributed by atoms with Crippen LogP contribution in [0.15, 0.2) is 97.1 Å². The summed E-state index contributed by atoms with van der Waals surface area (Å²) < 4.78 is 0. The summed E-state index contributed by atoms with van der Waals surface area (Å²) in [6.45, 7) is 0. The molecule has 0 heterocycles. The number of hydrogen-bond donors (Lipinski definition) is 0. The first-order chi connectivity index (χ1) is 14.9. The molecule has 30 heavy (non-hydrogen) atoms. The Balaban J connectivity index is 1.95. The second-order valence-corrected chi connectivity index (χ2v) is 8.56. The predicted molar refractivity (Wildman–Crippen MR) is 131 cm³/mol. The van der Waals surface area contributed by atoms with Crippen LogP contribution in [0.3, 0.4) is 0 Å². The Kier molecular flexibility index (Phi) is 2.49. The predicted octanol–water partition coefficient (Wildman–Crippen LogP) is 8.63. The molecule has 8 aromatic carbocycles. The van der Waals surface area contributed by atoms with Crippen molar-refractivity contribution in [1.29, 1.82) is 0 Å². The van der Waals surface area contributed by atoms with Gasteiger partial charge in [0.2, 0.25) is 0 Å². The van der Waals surface area contributed by atoms with E-state index in [1.807, 2.05) is 0 Å². The van der Waals surface area contributed by atoms with Gasteiger partial charge in [0.25, 0.3) is 0 Å². The molecule has 0 aliphatic carbocycles. The molecule has 0 amide bonds. The third kappa shape index (κ3) is 1.66. The Labute approximate surface area is 172 Å². The molecule has 8 rings (SSSR count). The molecule has 0 saturated carbocycles. The van der Waals surface area contributed by atoms with Crippen molar-refractivity contribution in [2.45, 2.75) is 0 Å². The van der Waals surface area contributed by atoms with Crippen molar-refractivity contribution in [3.05, 3.63) is 97.1 Å². The fourth-order valence-corrected chi connectivity index (χ4v) is 5.81. The van der Waals surface area contributed by atoms with E-state index in [1.54, 1.807) is 0 Å². The third-order valence-electron chi connectivity index (χ3n) is 7.07. The van der Waals surface area contributed by atoms with Gasteiger partial charge in [-0.15, -0.1) is 0 Å². The Bertz CT molecular complexity index is 1940. The first-order valence-corrected chi connectivity index (χ1v) is 10.5. The monoisotopic (exact) mass is 376 g/mol. The summed E-state index contributed by atoms with van der Waals surface area (Å²) in [5.74, 6) is 0. The molecule has 0 fully saturated rings. The van der Waals surface area contributed by atoms with Crippen molar-refractivity contribution in [2.75, 3.05) is 0 Å². The van der Waals surface area contributed by atoms with Gasteiger partial charge in [0.05, 0.1) is 0 Å². The highest BCUT2D eigenvalue weighted by Gasteiger charge is 2.17. The van der Waals surface area contributed by atoms with Crippen LogP contribution in [0.4, 0.5) is 0 Å². The lowest BCUT2D eigenvalue weighted by molar-refractivity contribution is 1.81. The standard InChI is InChI=1S/C30H16/c1-2-10-23-22(9-1)24-12-11-18-15-26(24)30-27(23)16-25-19-6-4-8-21(14-19)29(30)28(25)20-7-3-5-17(18)13-20/h1-16H. The first kappa shape index (κ1) is 15.0. The zero-order chi connectivity index (χ0) is 19.4. The summed E-state index contributed by atoms with van der Waals surface area (Å²) in [6.07, 6.45) is 0. The summed E-state index contributed by atoms with van der Waals surface area (Å²) in [4.78, 5) is 0. The zero-order valence-corrected chi connectivity index (χ0v) is 16.2. The summed E-state index contributed by atoms with van der Waals surface area (Å²) in [7, 11) is 0. The highest BCUT2D eigenvalue weighted by molar-refractivity contribution is 6.40. The van der Waals surface area contributed by atoms with Crippen molar-refractivity contribution < 1.29 is 0 Å². The van der Waals surface area contributed by atoms with E-state index in [1.165, 1.54) is 75.4 Å². The average Bonchev–Trinajstić information content (AvgIpc) is 2.84. The van der Waals surface area contributed by atoms with Crippen LogP contribution >= 0.6 is 0 Å². The molecule has 0 saturated heterocycles. The molecular weight excluding hydrogens is 360 g/mol. The van der Waals surface area contributed by atoms with Gasteiger partial charge in [-0.25, -0.2) is 0 Å². The van der Waals surface area contributed by atoms with Gasteiger partial charge in [-0.3, -0.25) is 0 Å². The Morgan fingerprint density at radius 2 is 0.867 bits per heavy atom. The van der Waals surface area contributed by atoms with Gasteiger partial charge in [0, 0.05) is 0 Å². The molecule has 0 N–H and O–H groups in total. The lowest BCUT2D eigenvalue weighted by atomic mass is 9.86. The fourth-order valence-electron chi connectivity index (χ4n) is 5.81. The molecule has 0 aliphatic rings. The largest absolute Gasteiger partial charge is 0.0616 e. The molecule has 0 unspecified atom stereocenters. The SMILES string of the molecule is c1cc2cc(c1)c1c3cc4c5ccccc5c5ccc2cc5c4c1c1cccc3c1. The normalized spacial score (nSPS) is 12.7. The molecule has 0 heteroatoms. The van der Waals surface area contributed by atoms with E-state index in [2.05, 4.69) is 97.1 Å². The molecule has 136 valence electrons. The lowest BCUT2D eigenvalue weighted by Crippen LogP contribution is -1.88. The van der Waals surface area contributed by atoms with Gasteiger partial charge in [-0.1, -0.05) is 72.8 Å². The molecular formula is C30H16. The van der Waals surface area contributed by atoms with Crippen LogP contribution in [0.25, 0.3) is 75.4 Å². The van der Waals surface area contributed by atoms with E-state index in [-0.39, 0.29) is 0 Å². The summed E-state index contributed by atoms with van der Waals surface area (Å²) in [5, 5.41) is 18.8. The summed E-state index contributed by atoms with van der Waals surface area (Å²) in [5.41, 5.74) is 0. The molecule has 10 bridgehead atoms. The maximum atomic E-state index is 2.44. The Morgan fingerprint density at radius 3 is 1.73 bits per heavy atom. The molecule has 0 radical (unpaired) electrons. The van der Waals surface area contributed by atoms with Crippen LogP contribution in [0.2, 0.25) is 0 Å². The van der Waals surface area contributed by atoms with Crippen LogP contribution in [0.5, 0.6) is 0 Å². The van der Waals surface area contributed by atoms with E-state index in [0.29, 0.717) is 0 Å². The molecule has 0 atom stereocenters. The minimum Gasteiger partial charge on any atom is -0.0616 e. The van der Waals surface area contributed by atoms with Crippen molar-refractivity contribution in [3.8, 4) is 0 Å². The van der Waals surface area contributed by atoms with Crippen LogP contribution in [0.1, 0.15) is 0 Å². The number of benzene rings is 7. The van der Waals surface area contributed by atoms with E-state index in [0.717, 1.165) is 0 Å². The van der Waals surface area contributed by atoms with Gasteiger partial charge >= 0.3 is 0 Å². The molecule has 0 spiro atoms. The van der Waals surface area contributed by atoms with Crippen LogP contribution in [-0.4, -0.2) is 0 Å². The zero-order valence-electron chi connectivity index (χ0n) is 16.2. The Morgan fingerprint density at radius 1 is 0.267 bits per heavy atom. The van der Waals surface area contributed by atoms with Gasteiger partial charge in [0.1, 0.15) is 0 Å². The van der Waals surface area contributed by atoms with Crippen molar-refractivity contribution in [3.63, 3.8) is 0 Å². The maximum absolute atomic E-state index is 2.44. The highest BCUT2D eigenvalue weighted by atomic mass is 14.2. The number of fused-ring (bicyclic) bond motifs is 10. The second kappa shape index (κ2) is 4.98. The fraction of sp³-hybridized carbons (Fsp3) is 0. The maximum Gasteiger partial charge on any atom is -0.00134 e. The first-order valence-electron chi connectivity index (χ1n) is 10.5. The lowest BCUT2D eigenvalue weighted by Gasteiger charge is -2.17. The van der Waals surface area contributed by atoms with E-state index in [4.69, 9.17) is 0 Å². The van der Waals surface area contributed by atoms with Crippen molar-refractivity contribution in [1.82, 2.24) is 0 Å². The van der Waals surface area contributed by atoms with Gasteiger partial charge in [0.15, 0.2) is 0 Å². The average molecular weight is 376 g/mol.